The second-order valence-corrected chi connectivity index (χ2v) is 11.0. The molecule has 0 atom stereocenters. The number of hydrogen-bond donors (Lipinski definition) is 5. The molecule has 7 rings (SSSR count). The van der Waals surface area contributed by atoms with Crippen LogP contribution in [0.15, 0.2) is 73.3 Å². The number of nitrogens with two attached hydrogens (primary N) is 1. The van der Waals surface area contributed by atoms with Crippen molar-refractivity contribution in [3.8, 4) is 16.9 Å². The standard InChI is InChI=1S/C33H33N7O2/c1-39-17-23(37-19-39)18-40-16-21(8-9-34)25-7-6-20(10-30(25)40)13-35-15-29-32(26-4-2-3-5-28(26)38-29)27-12-24(41)11-22-14-36-33(42)31(22)27/h2-7,10-12,16-17,19,35,38,41H,8-9,13-15,18,34H2,1H3,(H,36,42). The van der Waals surface area contributed by atoms with Crippen LogP contribution in [0.25, 0.3) is 32.9 Å². The Morgan fingerprint density at radius 3 is 2.76 bits per heavy atom. The first-order valence-electron chi connectivity index (χ1n) is 14.2. The zero-order chi connectivity index (χ0) is 28.8. The van der Waals surface area contributed by atoms with E-state index in [1.54, 1.807) is 12.1 Å². The maximum absolute atomic E-state index is 12.8. The number of fused-ring (bicyclic) bond motifs is 3. The number of phenols is 1. The summed E-state index contributed by atoms with van der Waals surface area (Å²) in [6.07, 6.45) is 6.89. The Morgan fingerprint density at radius 2 is 1.93 bits per heavy atom. The van der Waals surface area contributed by atoms with Gasteiger partial charge in [-0.2, -0.15) is 0 Å². The van der Waals surface area contributed by atoms with E-state index < -0.39 is 0 Å². The van der Waals surface area contributed by atoms with Crippen LogP contribution in [0.3, 0.4) is 0 Å². The lowest BCUT2D eigenvalue weighted by molar-refractivity contribution is 0.0966. The van der Waals surface area contributed by atoms with Crippen molar-refractivity contribution in [1.82, 2.24) is 29.7 Å². The second kappa shape index (κ2) is 10.5. The zero-order valence-electron chi connectivity index (χ0n) is 23.4. The van der Waals surface area contributed by atoms with Gasteiger partial charge in [-0.05, 0) is 53.9 Å². The van der Waals surface area contributed by atoms with Gasteiger partial charge < -0.3 is 35.6 Å². The third-order valence-corrected chi connectivity index (χ3v) is 8.09. The zero-order valence-corrected chi connectivity index (χ0v) is 23.4. The highest BCUT2D eigenvalue weighted by Gasteiger charge is 2.27. The number of nitrogens with one attached hydrogen (secondary N) is 3. The molecule has 0 saturated heterocycles. The van der Waals surface area contributed by atoms with Crippen LogP contribution < -0.4 is 16.4 Å². The minimum Gasteiger partial charge on any atom is -0.508 e. The number of aryl methyl sites for hydroxylation is 1. The molecule has 0 fully saturated rings. The summed E-state index contributed by atoms with van der Waals surface area (Å²) < 4.78 is 4.22. The number of rotatable bonds is 9. The highest BCUT2D eigenvalue weighted by molar-refractivity contribution is 6.09. The number of amides is 1. The Kier molecular flexibility index (Phi) is 6.53. The molecule has 1 amide bonds. The van der Waals surface area contributed by atoms with Gasteiger partial charge in [0.05, 0.1) is 24.1 Å². The van der Waals surface area contributed by atoms with Crippen LogP contribution in [0.1, 0.15) is 38.4 Å². The van der Waals surface area contributed by atoms with E-state index >= 15 is 0 Å². The Morgan fingerprint density at radius 1 is 1.05 bits per heavy atom. The number of carbonyl (C=O) groups excluding carboxylic acids is 1. The second-order valence-electron chi connectivity index (χ2n) is 11.0. The predicted octanol–water partition coefficient (Wildman–Crippen LogP) is 4.31. The normalized spacial score (nSPS) is 12.9. The Hall–Kier alpha value is -4.86. The average molecular weight is 560 g/mol. The molecule has 0 radical (unpaired) electrons. The number of carbonyl (C=O) groups is 1. The molecule has 42 heavy (non-hydrogen) atoms. The number of imidazole rings is 1. The van der Waals surface area contributed by atoms with E-state index in [0.717, 1.165) is 56.5 Å². The minimum atomic E-state index is -0.111. The molecule has 0 saturated carbocycles. The summed E-state index contributed by atoms with van der Waals surface area (Å²) in [5, 5.41) is 19.3. The van der Waals surface area contributed by atoms with Crippen LogP contribution in [0.2, 0.25) is 0 Å². The first-order chi connectivity index (χ1) is 20.5. The van der Waals surface area contributed by atoms with Crippen molar-refractivity contribution in [3.05, 3.63) is 107 Å². The fraction of sp³-hybridized carbons (Fsp3) is 0.212. The van der Waals surface area contributed by atoms with Crippen molar-refractivity contribution in [2.45, 2.75) is 32.6 Å². The van der Waals surface area contributed by atoms with Crippen LogP contribution in [0.4, 0.5) is 0 Å². The van der Waals surface area contributed by atoms with Crippen LogP contribution in [-0.2, 0) is 39.6 Å². The molecule has 0 spiro atoms. The van der Waals surface area contributed by atoms with Gasteiger partial charge in [-0.3, -0.25) is 4.79 Å². The fourth-order valence-electron chi connectivity index (χ4n) is 6.26. The van der Waals surface area contributed by atoms with Gasteiger partial charge >= 0.3 is 0 Å². The van der Waals surface area contributed by atoms with E-state index in [2.05, 4.69) is 55.6 Å². The molecular weight excluding hydrogens is 526 g/mol. The Bertz CT molecular complexity index is 1960. The van der Waals surface area contributed by atoms with Crippen molar-refractivity contribution in [2.75, 3.05) is 6.54 Å². The van der Waals surface area contributed by atoms with Crippen LogP contribution in [0, 0.1) is 0 Å². The van der Waals surface area contributed by atoms with Crippen molar-refractivity contribution in [2.24, 2.45) is 12.8 Å². The van der Waals surface area contributed by atoms with Gasteiger partial charge in [0.15, 0.2) is 0 Å². The van der Waals surface area contributed by atoms with Crippen LogP contribution >= 0.6 is 0 Å². The number of phenolic OH excluding ortho intramolecular Hbond substituents is 1. The SMILES string of the molecule is Cn1cnc(Cn2cc(CCN)c3ccc(CNCc4[nH]c5ccccc5c4-c4cc(O)cc5c4C(=O)NC5)cc32)c1. The van der Waals surface area contributed by atoms with Gasteiger partial charge in [0, 0.05) is 77.7 Å². The van der Waals surface area contributed by atoms with Crippen molar-refractivity contribution >= 4 is 27.7 Å². The molecule has 6 aromatic rings. The van der Waals surface area contributed by atoms with Gasteiger partial charge in [-0.15, -0.1) is 0 Å². The summed E-state index contributed by atoms with van der Waals surface area (Å²) in [7, 11) is 1.98. The average Bonchev–Trinajstić information content (AvgIpc) is 3.74. The summed E-state index contributed by atoms with van der Waals surface area (Å²) in [5.41, 5.74) is 15.6. The number of nitrogens with zero attached hydrogens (tertiary/aromatic N) is 3. The smallest absolute Gasteiger partial charge is 0.252 e. The van der Waals surface area contributed by atoms with E-state index in [4.69, 9.17) is 5.73 Å². The van der Waals surface area contributed by atoms with E-state index in [9.17, 15) is 9.90 Å². The van der Waals surface area contributed by atoms with Gasteiger partial charge in [-0.1, -0.05) is 30.3 Å². The largest absolute Gasteiger partial charge is 0.508 e. The summed E-state index contributed by atoms with van der Waals surface area (Å²) in [5.74, 6) is 0.0423. The summed E-state index contributed by atoms with van der Waals surface area (Å²) in [4.78, 5) is 20.9. The van der Waals surface area contributed by atoms with E-state index in [-0.39, 0.29) is 11.7 Å². The number of aromatic nitrogens is 4. The molecule has 0 aliphatic carbocycles. The fourth-order valence-corrected chi connectivity index (χ4v) is 6.26. The lowest BCUT2D eigenvalue weighted by Crippen LogP contribution is -2.15. The molecule has 1 aliphatic rings. The van der Waals surface area contributed by atoms with Crippen molar-refractivity contribution in [3.63, 3.8) is 0 Å². The summed E-state index contributed by atoms with van der Waals surface area (Å²) in [6, 6.07) is 18.0. The molecule has 1 aliphatic heterocycles. The molecule has 9 heteroatoms. The predicted molar refractivity (Wildman–Crippen MR) is 164 cm³/mol. The first-order valence-corrected chi connectivity index (χ1v) is 14.2. The lowest BCUT2D eigenvalue weighted by Gasteiger charge is -2.12. The monoisotopic (exact) mass is 559 g/mol. The van der Waals surface area contributed by atoms with Gasteiger partial charge in [0.25, 0.3) is 5.91 Å². The third-order valence-electron chi connectivity index (χ3n) is 8.09. The minimum absolute atomic E-state index is 0.111. The molecule has 212 valence electrons. The molecule has 4 heterocycles. The Balaban J connectivity index is 1.19. The number of aromatic hydroxyl groups is 1. The summed E-state index contributed by atoms with van der Waals surface area (Å²) in [6.45, 7) is 2.93. The molecular formula is C33H33N7O2. The van der Waals surface area contributed by atoms with E-state index in [1.807, 2.05) is 42.3 Å². The van der Waals surface area contributed by atoms with E-state index in [1.165, 1.54) is 10.9 Å². The third kappa shape index (κ3) is 4.62. The molecule has 0 bridgehead atoms. The number of H-pyrrole nitrogens is 1. The van der Waals surface area contributed by atoms with Gasteiger partial charge in [0.2, 0.25) is 0 Å². The molecule has 9 nitrogen and oxygen atoms in total. The van der Waals surface area contributed by atoms with Crippen LogP contribution in [0.5, 0.6) is 5.75 Å². The van der Waals surface area contributed by atoms with Crippen molar-refractivity contribution < 1.29 is 9.90 Å². The highest BCUT2D eigenvalue weighted by Crippen LogP contribution is 2.39. The van der Waals surface area contributed by atoms with Gasteiger partial charge in [0.1, 0.15) is 5.75 Å². The highest BCUT2D eigenvalue weighted by atomic mass is 16.3. The first kappa shape index (κ1) is 26.1. The summed E-state index contributed by atoms with van der Waals surface area (Å²) >= 11 is 0. The number of hydrogen-bond acceptors (Lipinski definition) is 5. The van der Waals surface area contributed by atoms with Gasteiger partial charge in [-0.25, -0.2) is 4.98 Å². The number of benzene rings is 3. The lowest BCUT2D eigenvalue weighted by atomic mass is 9.94. The maximum atomic E-state index is 12.8. The quantitative estimate of drug-likeness (QED) is 0.181. The van der Waals surface area contributed by atoms with Crippen LogP contribution in [-0.4, -0.2) is 36.7 Å². The molecule has 3 aromatic carbocycles. The molecule has 3 aromatic heterocycles. The topological polar surface area (TPSA) is 126 Å². The van der Waals surface area contributed by atoms with E-state index in [0.29, 0.717) is 38.3 Å². The number of para-hydroxylation sites is 1. The maximum Gasteiger partial charge on any atom is 0.252 e. The Labute approximate surface area is 243 Å². The molecule has 6 N–H and O–H groups in total. The molecule has 0 unspecified atom stereocenters. The number of aromatic amines is 1. The van der Waals surface area contributed by atoms with Crippen molar-refractivity contribution in [1.29, 1.82) is 0 Å².